The number of methoxy groups -OCH3 is 1. The van der Waals surface area contributed by atoms with Crippen molar-refractivity contribution in [2.24, 2.45) is 5.16 Å². The zero-order valence-corrected chi connectivity index (χ0v) is 8.02. The molecule has 0 aliphatic heterocycles. The SMILES string of the molecule is COc1ccc(ONC(C)=NO)cc1. The monoisotopic (exact) mass is 196 g/mol. The molecule has 0 aliphatic carbocycles. The summed E-state index contributed by atoms with van der Waals surface area (Å²) in [5, 5.41) is 11.2. The lowest BCUT2D eigenvalue weighted by atomic mass is 10.3. The molecule has 76 valence electrons. The van der Waals surface area contributed by atoms with E-state index in [-0.39, 0.29) is 5.84 Å². The molecule has 14 heavy (non-hydrogen) atoms. The molecule has 0 saturated heterocycles. The van der Waals surface area contributed by atoms with E-state index in [2.05, 4.69) is 10.6 Å². The Labute approximate surface area is 81.9 Å². The first-order chi connectivity index (χ1) is 6.76. The highest BCUT2D eigenvalue weighted by Gasteiger charge is 1.95. The van der Waals surface area contributed by atoms with E-state index in [4.69, 9.17) is 14.8 Å². The predicted octanol–water partition coefficient (Wildman–Crippen LogP) is 1.39. The van der Waals surface area contributed by atoms with E-state index < -0.39 is 0 Å². The van der Waals surface area contributed by atoms with E-state index in [0.717, 1.165) is 5.75 Å². The van der Waals surface area contributed by atoms with Gasteiger partial charge in [-0.25, -0.2) is 5.48 Å². The number of oxime groups is 1. The molecule has 0 amide bonds. The van der Waals surface area contributed by atoms with Crippen molar-refractivity contribution in [3.63, 3.8) is 0 Å². The van der Waals surface area contributed by atoms with Gasteiger partial charge in [0.05, 0.1) is 7.11 Å². The van der Waals surface area contributed by atoms with Crippen molar-refractivity contribution in [3.05, 3.63) is 24.3 Å². The van der Waals surface area contributed by atoms with Crippen molar-refractivity contribution < 1.29 is 14.8 Å². The molecule has 0 unspecified atom stereocenters. The lowest BCUT2D eigenvalue weighted by Gasteiger charge is -2.06. The fraction of sp³-hybridized carbons (Fsp3) is 0.222. The average Bonchev–Trinajstić information content (AvgIpc) is 2.26. The van der Waals surface area contributed by atoms with Crippen LogP contribution in [0.5, 0.6) is 11.5 Å². The van der Waals surface area contributed by atoms with Crippen LogP contribution < -0.4 is 15.1 Å². The number of benzene rings is 1. The van der Waals surface area contributed by atoms with Gasteiger partial charge in [0.1, 0.15) is 5.75 Å². The largest absolute Gasteiger partial charge is 0.497 e. The van der Waals surface area contributed by atoms with Crippen LogP contribution in [0.15, 0.2) is 29.4 Å². The van der Waals surface area contributed by atoms with Crippen LogP contribution in [0.4, 0.5) is 0 Å². The quantitative estimate of drug-likeness (QED) is 0.332. The molecule has 1 aromatic rings. The lowest BCUT2D eigenvalue weighted by molar-refractivity contribution is 0.245. The van der Waals surface area contributed by atoms with Crippen molar-refractivity contribution in [1.29, 1.82) is 0 Å². The van der Waals surface area contributed by atoms with Gasteiger partial charge in [-0.15, -0.1) is 0 Å². The molecule has 0 aliphatic rings. The summed E-state index contributed by atoms with van der Waals surface area (Å²) in [4.78, 5) is 5.06. The van der Waals surface area contributed by atoms with Crippen LogP contribution in [-0.2, 0) is 0 Å². The molecule has 0 heterocycles. The first-order valence-corrected chi connectivity index (χ1v) is 4.02. The Morgan fingerprint density at radius 1 is 1.29 bits per heavy atom. The van der Waals surface area contributed by atoms with E-state index in [9.17, 15) is 0 Å². The van der Waals surface area contributed by atoms with Crippen molar-refractivity contribution in [1.82, 2.24) is 5.48 Å². The third-order valence-electron chi connectivity index (χ3n) is 1.53. The molecule has 0 atom stereocenters. The molecular formula is C9H12N2O3. The summed E-state index contributed by atoms with van der Waals surface area (Å²) in [5.41, 5.74) is 2.45. The summed E-state index contributed by atoms with van der Waals surface area (Å²) in [6.07, 6.45) is 0. The number of hydroxylamine groups is 1. The van der Waals surface area contributed by atoms with Crippen LogP contribution in [0.2, 0.25) is 0 Å². The van der Waals surface area contributed by atoms with E-state index in [1.165, 1.54) is 0 Å². The fourth-order valence-corrected chi connectivity index (χ4v) is 0.797. The van der Waals surface area contributed by atoms with Crippen LogP contribution in [0, 0.1) is 0 Å². The zero-order chi connectivity index (χ0) is 10.4. The molecule has 0 bridgehead atoms. The van der Waals surface area contributed by atoms with Crippen molar-refractivity contribution in [2.45, 2.75) is 6.92 Å². The zero-order valence-electron chi connectivity index (χ0n) is 8.02. The summed E-state index contributed by atoms with van der Waals surface area (Å²) in [5.74, 6) is 1.64. The summed E-state index contributed by atoms with van der Waals surface area (Å²) in [7, 11) is 1.59. The molecule has 5 heteroatoms. The second-order valence-electron chi connectivity index (χ2n) is 2.57. The molecule has 1 aromatic carbocycles. The maximum atomic E-state index is 8.32. The van der Waals surface area contributed by atoms with E-state index >= 15 is 0 Å². The van der Waals surface area contributed by atoms with Gasteiger partial charge >= 0.3 is 0 Å². The van der Waals surface area contributed by atoms with Crippen LogP contribution >= 0.6 is 0 Å². The van der Waals surface area contributed by atoms with Gasteiger partial charge in [-0.1, -0.05) is 5.16 Å². The summed E-state index contributed by atoms with van der Waals surface area (Å²) in [6, 6.07) is 7.00. The number of hydrogen-bond donors (Lipinski definition) is 2. The molecule has 1 rings (SSSR count). The second-order valence-corrected chi connectivity index (χ2v) is 2.57. The highest BCUT2D eigenvalue weighted by molar-refractivity contribution is 5.77. The minimum absolute atomic E-state index is 0.279. The summed E-state index contributed by atoms with van der Waals surface area (Å²) in [6.45, 7) is 1.57. The summed E-state index contributed by atoms with van der Waals surface area (Å²) >= 11 is 0. The van der Waals surface area contributed by atoms with Gasteiger partial charge in [0, 0.05) is 0 Å². The normalized spacial score (nSPS) is 10.9. The molecule has 0 fully saturated rings. The standard InChI is InChI=1S/C9H12N2O3/c1-7(10-12)11-14-9-5-3-8(13-2)4-6-9/h3-6,12H,1-2H3,(H,10,11). The van der Waals surface area contributed by atoms with Crippen LogP contribution in [-0.4, -0.2) is 18.2 Å². The third-order valence-corrected chi connectivity index (χ3v) is 1.53. The van der Waals surface area contributed by atoms with Crippen molar-refractivity contribution >= 4 is 5.84 Å². The number of amidine groups is 1. The van der Waals surface area contributed by atoms with Crippen molar-refractivity contribution in [3.8, 4) is 11.5 Å². The number of nitrogens with zero attached hydrogens (tertiary/aromatic N) is 1. The molecule has 0 aromatic heterocycles. The Morgan fingerprint density at radius 2 is 1.86 bits per heavy atom. The Bertz CT molecular complexity index is 308. The summed E-state index contributed by atoms with van der Waals surface area (Å²) < 4.78 is 4.98. The number of nitrogens with one attached hydrogen (secondary N) is 1. The Morgan fingerprint density at radius 3 is 2.36 bits per heavy atom. The molecular weight excluding hydrogens is 184 g/mol. The molecule has 5 nitrogen and oxygen atoms in total. The topological polar surface area (TPSA) is 63.1 Å². The van der Waals surface area contributed by atoms with Crippen LogP contribution in [0.25, 0.3) is 0 Å². The minimum Gasteiger partial charge on any atom is -0.497 e. The second kappa shape index (κ2) is 4.96. The first-order valence-electron chi connectivity index (χ1n) is 4.02. The Balaban J connectivity index is 2.52. The smallest absolute Gasteiger partial charge is 0.172 e. The van der Waals surface area contributed by atoms with Gasteiger partial charge in [0.2, 0.25) is 0 Å². The third kappa shape index (κ3) is 2.85. The van der Waals surface area contributed by atoms with Gasteiger partial charge in [0.15, 0.2) is 11.6 Å². The van der Waals surface area contributed by atoms with Gasteiger partial charge in [-0.05, 0) is 31.2 Å². The lowest BCUT2D eigenvalue weighted by Crippen LogP contribution is -2.24. The van der Waals surface area contributed by atoms with Gasteiger partial charge in [-0.2, -0.15) is 0 Å². The van der Waals surface area contributed by atoms with E-state index in [1.807, 2.05) is 0 Å². The minimum atomic E-state index is 0.279. The van der Waals surface area contributed by atoms with E-state index in [0.29, 0.717) is 5.75 Å². The van der Waals surface area contributed by atoms with Gasteiger partial charge in [-0.3, -0.25) is 0 Å². The highest BCUT2D eigenvalue weighted by Crippen LogP contribution is 2.15. The number of ether oxygens (including phenoxy) is 1. The van der Waals surface area contributed by atoms with Crippen LogP contribution in [0.3, 0.4) is 0 Å². The van der Waals surface area contributed by atoms with E-state index in [1.54, 1.807) is 38.3 Å². The van der Waals surface area contributed by atoms with Gasteiger partial charge < -0.3 is 14.8 Å². The van der Waals surface area contributed by atoms with Crippen molar-refractivity contribution in [2.75, 3.05) is 7.11 Å². The molecule has 0 radical (unpaired) electrons. The fourth-order valence-electron chi connectivity index (χ4n) is 0.797. The number of rotatable bonds is 3. The average molecular weight is 196 g/mol. The molecule has 0 saturated carbocycles. The molecule has 2 N–H and O–H groups in total. The first kappa shape index (κ1) is 10.2. The highest BCUT2D eigenvalue weighted by atomic mass is 16.6. The molecule has 0 spiro atoms. The predicted molar refractivity (Wildman–Crippen MR) is 51.7 cm³/mol. The maximum Gasteiger partial charge on any atom is 0.172 e. The Kier molecular flexibility index (Phi) is 3.60. The Hall–Kier alpha value is -1.91. The number of hydrogen-bond acceptors (Lipinski definition) is 4. The van der Waals surface area contributed by atoms with Crippen LogP contribution in [0.1, 0.15) is 6.92 Å². The van der Waals surface area contributed by atoms with Gasteiger partial charge in [0.25, 0.3) is 0 Å². The maximum absolute atomic E-state index is 8.32.